The highest BCUT2D eigenvalue weighted by molar-refractivity contribution is 9.10. The maximum absolute atomic E-state index is 12.5. The van der Waals surface area contributed by atoms with Gasteiger partial charge in [0.1, 0.15) is 23.7 Å². The Kier molecular flexibility index (Phi) is 6.09. The van der Waals surface area contributed by atoms with Crippen LogP contribution in [0.3, 0.4) is 0 Å². The van der Waals surface area contributed by atoms with Gasteiger partial charge in [-0.1, -0.05) is 28.1 Å². The smallest absolute Gasteiger partial charge is 0.352 e. The van der Waals surface area contributed by atoms with Gasteiger partial charge < -0.3 is 15.2 Å². The van der Waals surface area contributed by atoms with Gasteiger partial charge in [0.05, 0.1) is 6.42 Å². The monoisotopic (exact) mass is 468 g/mol. The zero-order chi connectivity index (χ0) is 20.4. The highest BCUT2D eigenvalue weighted by Crippen LogP contribution is 2.40. The van der Waals surface area contributed by atoms with E-state index in [9.17, 15) is 24.3 Å². The number of carbonyl (C=O) groups excluding carboxylic acids is 3. The average molecular weight is 469 g/mol. The Morgan fingerprint density at radius 2 is 2.14 bits per heavy atom. The molecule has 10 heteroatoms. The minimum Gasteiger partial charge on any atom is -0.477 e. The molecular formula is C18H17BrN2O6S. The largest absolute Gasteiger partial charge is 0.477 e. The van der Waals surface area contributed by atoms with Crippen molar-refractivity contribution in [2.45, 2.75) is 24.8 Å². The standard InChI is InChI=1S/C18H17BrN2O6S/c1-9(22)27-7-11-8-28-17-14(16(24)21(17)15(11)18(25)26)20-13(23)6-10-3-2-4-12(19)5-10/h2-5,14,17H,6-8H2,1H3,(H,20,23)(H,25,26). The van der Waals surface area contributed by atoms with Crippen LogP contribution in [0.25, 0.3) is 0 Å². The average Bonchev–Trinajstić information content (AvgIpc) is 2.63. The van der Waals surface area contributed by atoms with E-state index in [2.05, 4.69) is 21.2 Å². The van der Waals surface area contributed by atoms with E-state index >= 15 is 0 Å². The fourth-order valence-corrected chi connectivity index (χ4v) is 4.81. The maximum Gasteiger partial charge on any atom is 0.352 e. The second-order valence-electron chi connectivity index (χ2n) is 6.30. The Morgan fingerprint density at radius 3 is 2.79 bits per heavy atom. The zero-order valence-corrected chi connectivity index (χ0v) is 17.2. The molecule has 0 spiro atoms. The Morgan fingerprint density at radius 1 is 1.39 bits per heavy atom. The highest BCUT2D eigenvalue weighted by atomic mass is 79.9. The molecule has 148 valence electrons. The van der Waals surface area contributed by atoms with E-state index in [-0.39, 0.29) is 24.6 Å². The summed E-state index contributed by atoms with van der Waals surface area (Å²) in [6, 6.07) is 6.50. The second-order valence-corrected chi connectivity index (χ2v) is 8.32. The van der Waals surface area contributed by atoms with Crippen LogP contribution in [0.4, 0.5) is 0 Å². The molecule has 0 aromatic heterocycles. The zero-order valence-electron chi connectivity index (χ0n) is 14.8. The topological polar surface area (TPSA) is 113 Å². The number of aliphatic carboxylic acids is 1. The molecule has 2 aliphatic heterocycles. The Balaban J connectivity index is 1.68. The third kappa shape index (κ3) is 4.22. The van der Waals surface area contributed by atoms with E-state index < -0.39 is 29.3 Å². The number of ether oxygens (including phenoxy) is 1. The van der Waals surface area contributed by atoms with Crippen molar-refractivity contribution in [3.8, 4) is 0 Å². The lowest BCUT2D eigenvalue weighted by molar-refractivity contribution is -0.151. The first-order chi connectivity index (χ1) is 13.3. The Labute approximate surface area is 173 Å². The molecule has 28 heavy (non-hydrogen) atoms. The maximum atomic E-state index is 12.5. The van der Waals surface area contributed by atoms with Gasteiger partial charge in [0.15, 0.2) is 0 Å². The molecule has 0 aliphatic carbocycles. The summed E-state index contributed by atoms with van der Waals surface area (Å²) >= 11 is 4.67. The van der Waals surface area contributed by atoms with Crippen LogP contribution >= 0.6 is 27.7 Å². The van der Waals surface area contributed by atoms with Gasteiger partial charge >= 0.3 is 11.9 Å². The van der Waals surface area contributed by atoms with Crippen molar-refractivity contribution < 1.29 is 29.0 Å². The highest BCUT2D eigenvalue weighted by Gasteiger charge is 2.54. The third-order valence-electron chi connectivity index (χ3n) is 4.27. The quantitative estimate of drug-likeness (QED) is 0.477. The van der Waals surface area contributed by atoms with Crippen LogP contribution in [0.2, 0.25) is 0 Å². The van der Waals surface area contributed by atoms with E-state index in [0.717, 1.165) is 14.9 Å². The summed E-state index contributed by atoms with van der Waals surface area (Å²) in [6.45, 7) is 1.05. The molecular weight excluding hydrogens is 452 g/mol. The number of thioether (sulfide) groups is 1. The summed E-state index contributed by atoms with van der Waals surface area (Å²) in [7, 11) is 0. The number of carbonyl (C=O) groups is 4. The molecule has 2 heterocycles. The molecule has 1 aromatic carbocycles. The molecule has 3 rings (SSSR count). The van der Waals surface area contributed by atoms with Crippen LogP contribution in [0.1, 0.15) is 12.5 Å². The summed E-state index contributed by atoms with van der Waals surface area (Å²) in [5.41, 5.74) is 0.977. The van der Waals surface area contributed by atoms with Crippen LogP contribution in [-0.4, -0.2) is 57.5 Å². The number of hydrogen-bond acceptors (Lipinski definition) is 6. The van der Waals surface area contributed by atoms with Gasteiger partial charge in [-0.05, 0) is 17.7 Å². The number of halogens is 1. The second kappa shape index (κ2) is 8.36. The number of amides is 2. The number of esters is 1. The van der Waals surface area contributed by atoms with Crippen molar-refractivity contribution in [2.24, 2.45) is 0 Å². The number of nitrogens with zero attached hydrogens (tertiary/aromatic N) is 1. The molecule has 2 unspecified atom stereocenters. The lowest BCUT2D eigenvalue weighted by Crippen LogP contribution is -2.70. The number of nitrogens with one attached hydrogen (secondary N) is 1. The lowest BCUT2D eigenvalue weighted by atomic mass is 10.0. The van der Waals surface area contributed by atoms with Crippen molar-refractivity contribution in [1.29, 1.82) is 0 Å². The van der Waals surface area contributed by atoms with Crippen LogP contribution in [0.15, 0.2) is 40.0 Å². The Bertz CT molecular complexity index is 887. The molecule has 2 amide bonds. The van der Waals surface area contributed by atoms with Crippen molar-refractivity contribution in [3.05, 3.63) is 45.6 Å². The van der Waals surface area contributed by atoms with Gasteiger partial charge in [-0.2, -0.15) is 0 Å². The third-order valence-corrected chi connectivity index (χ3v) is 6.10. The lowest BCUT2D eigenvalue weighted by Gasteiger charge is -2.49. The molecule has 8 nitrogen and oxygen atoms in total. The molecule has 2 atom stereocenters. The predicted molar refractivity (Wildman–Crippen MR) is 104 cm³/mol. The van der Waals surface area contributed by atoms with Crippen LogP contribution in [0, 0.1) is 0 Å². The van der Waals surface area contributed by atoms with Gasteiger partial charge in [0.25, 0.3) is 5.91 Å². The summed E-state index contributed by atoms with van der Waals surface area (Å²) in [6.07, 6.45) is 0.111. The van der Waals surface area contributed by atoms with Gasteiger partial charge in [-0.3, -0.25) is 19.3 Å². The molecule has 2 N–H and O–H groups in total. The molecule has 0 radical (unpaired) electrons. The van der Waals surface area contributed by atoms with Crippen LogP contribution < -0.4 is 5.32 Å². The number of carboxylic acid groups (broad SMARTS) is 1. The minimum atomic E-state index is -1.26. The molecule has 1 aromatic rings. The summed E-state index contributed by atoms with van der Waals surface area (Å²) in [5.74, 6) is -2.31. The first-order valence-electron chi connectivity index (χ1n) is 8.35. The van der Waals surface area contributed by atoms with E-state index in [0.29, 0.717) is 11.3 Å². The SMILES string of the molecule is CC(=O)OCC1=C(C(=O)O)N2C(=O)C(NC(=O)Cc3cccc(Br)c3)C2SC1. The molecule has 0 bridgehead atoms. The van der Waals surface area contributed by atoms with Crippen LogP contribution in [-0.2, 0) is 30.3 Å². The van der Waals surface area contributed by atoms with Gasteiger partial charge in [0.2, 0.25) is 5.91 Å². The van der Waals surface area contributed by atoms with E-state index in [1.54, 1.807) is 6.07 Å². The number of β-lactam (4-membered cyclic amide) rings is 1. The number of rotatable bonds is 6. The normalized spacial score (nSPS) is 20.9. The van der Waals surface area contributed by atoms with Crippen molar-refractivity contribution in [1.82, 2.24) is 10.2 Å². The predicted octanol–water partition coefficient (Wildman–Crippen LogP) is 1.29. The van der Waals surface area contributed by atoms with E-state index in [1.807, 2.05) is 18.2 Å². The van der Waals surface area contributed by atoms with Gasteiger partial charge in [0, 0.05) is 22.7 Å². The van der Waals surface area contributed by atoms with Crippen LogP contribution in [0.5, 0.6) is 0 Å². The molecule has 0 saturated carbocycles. The summed E-state index contributed by atoms with van der Waals surface area (Å²) in [5, 5.41) is 11.7. The van der Waals surface area contributed by atoms with Gasteiger partial charge in [-0.25, -0.2) is 4.79 Å². The fourth-order valence-electron chi connectivity index (χ4n) is 3.04. The number of fused-ring (bicyclic) bond motifs is 1. The molecule has 1 saturated heterocycles. The van der Waals surface area contributed by atoms with Crippen molar-refractivity contribution >= 4 is 51.4 Å². The van der Waals surface area contributed by atoms with Crippen molar-refractivity contribution in [3.63, 3.8) is 0 Å². The minimum absolute atomic E-state index is 0.111. The van der Waals surface area contributed by atoms with E-state index in [1.165, 1.54) is 18.7 Å². The molecule has 2 aliphatic rings. The van der Waals surface area contributed by atoms with E-state index in [4.69, 9.17) is 4.74 Å². The first-order valence-corrected chi connectivity index (χ1v) is 10.2. The fraction of sp³-hybridized carbons (Fsp3) is 0.333. The number of hydrogen-bond donors (Lipinski definition) is 2. The number of carboxylic acids is 1. The Hall–Kier alpha value is -2.33. The first kappa shape index (κ1) is 20.4. The number of benzene rings is 1. The van der Waals surface area contributed by atoms with Crippen molar-refractivity contribution in [2.75, 3.05) is 12.4 Å². The van der Waals surface area contributed by atoms with Gasteiger partial charge in [-0.15, -0.1) is 11.8 Å². The summed E-state index contributed by atoms with van der Waals surface area (Å²) in [4.78, 5) is 48.6. The molecule has 1 fully saturated rings. The summed E-state index contributed by atoms with van der Waals surface area (Å²) < 4.78 is 5.74.